The Balaban J connectivity index is 1.48. The maximum Gasteiger partial charge on any atom is 0.244 e. The van der Waals surface area contributed by atoms with Crippen LogP contribution in [0.3, 0.4) is 0 Å². The summed E-state index contributed by atoms with van der Waals surface area (Å²) in [6.07, 6.45) is 4.72. The van der Waals surface area contributed by atoms with Crippen molar-refractivity contribution >= 4 is 44.1 Å². The quantitative estimate of drug-likeness (QED) is 0.511. The van der Waals surface area contributed by atoms with Gasteiger partial charge in [0, 0.05) is 35.2 Å². The number of hydrogen-bond acceptors (Lipinski definition) is 2. The van der Waals surface area contributed by atoms with Gasteiger partial charge < -0.3 is 4.98 Å². The minimum atomic E-state index is -3.63. The molecule has 3 aromatic rings. The van der Waals surface area contributed by atoms with Crippen LogP contribution in [0.25, 0.3) is 10.9 Å². The lowest BCUT2D eigenvalue weighted by molar-refractivity contribution is 0.273. The molecule has 0 unspecified atom stereocenters. The number of piperidine rings is 1. The van der Waals surface area contributed by atoms with Crippen molar-refractivity contribution in [3.05, 3.63) is 62.8 Å². The first-order valence-electron chi connectivity index (χ1n) is 10.2. The van der Waals surface area contributed by atoms with Crippen LogP contribution in [0.1, 0.15) is 35.1 Å². The van der Waals surface area contributed by atoms with Gasteiger partial charge in [0.25, 0.3) is 0 Å². The first kappa shape index (κ1) is 21.7. The van der Waals surface area contributed by atoms with Gasteiger partial charge in [-0.2, -0.15) is 4.31 Å². The zero-order chi connectivity index (χ0) is 21.6. The van der Waals surface area contributed by atoms with Gasteiger partial charge in [0.05, 0.1) is 5.02 Å². The molecule has 0 bridgehead atoms. The van der Waals surface area contributed by atoms with Crippen LogP contribution in [-0.4, -0.2) is 30.8 Å². The molecular weight excluding hydrogens is 439 g/mol. The fourth-order valence-electron chi connectivity index (χ4n) is 4.25. The molecule has 0 amide bonds. The molecule has 7 heteroatoms. The second-order valence-electron chi connectivity index (χ2n) is 8.38. The van der Waals surface area contributed by atoms with Gasteiger partial charge in [0.1, 0.15) is 4.90 Å². The maximum atomic E-state index is 13.1. The lowest BCUT2D eigenvalue weighted by Crippen LogP contribution is -2.39. The second-order valence-corrected chi connectivity index (χ2v) is 11.1. The first-order valence-corrected chi connectivity index (χ1v) is 12.4. The van der Waals surface area contributed by atoms with Crippen molar-refractivity contribution in [3.63, 3.8) is 0 Å². The van der Waals surface area contributed by atoms with Gasteiger partial charge in [-0.1, -0.05) is 23.2 Å². The van der Waals surface area contributed by atoms with Crippen molar-refractivity contribution in [2.75, 3.05) is 13.1 Å². The number of benzene rings is 2. The minimum Gasteiger partial charge on any atom is -0.361 e. The standard InChI is InChI=1S/C23H26Cl2N2O2S/c1-14-8-19-18(13-26-22(19)9-15(14)2)11-17-4-6-27(7-5-17)30(28,29)23-10-16(3)20(24)12-21(23)25/h8-10,12-13,17,26H,4-7,11H2,1-3H3. The largest absolute Gasteiger partial charge is 0.361 e. The number of rotatable bonds is 4. The van der Waals surface area contributed by atoms with Crippen molar-refractivity contribution in [2.45, 2.75) is 44.9 Å². The van der Waals surface area contributed by atoms with E-state index < -0.39 is 10.0 Å². The van der Waals surface area contributed by atoms with Crippen molar-refractivity contribution in [3.8, 4) is 0 Å². The lowest BCUT2D eigenvalue weighted by Gasteiger charge is -2.31. The number of H-pyrrole nitrogens is 1. The van der Waals surface area contributed by atoms with Gasteiger partial charge in [-0.05, 0) is 92.5 Å². The van der Waals surface area contributed by atoms with Crippen LogP contribution in [0.4, 0.5) is 0 Å². The van der Waals surface area contributed by atoms with Crippen LogP contribution in [0.2, 0.25) is 10.0 Å². The molecule has 1 aliphatic rings. The van der Waals surface area contributed by atoms with Crippen LogP contribution in [0.15, 0.2) is 35.4 Å². The number of aromatic nitrogens is 1. The van der Waals surface area contributed by atoms with Crippen LogP contribution < -0.4 is 0 Å². The van der Waals surface area contributed by atoms with Crippen LogP contribution in [0, 0.1) is 26.7 Å². The van der Waals surface area contributed by atoms with Crippen molar-refractivity contribution in [1.29, 1.82) is 0 Å². The number of aryl methyl sites for hydroxylation is 3. The Hall–Kier alpha value is -1.53. The molecule has 2 aromatic carbocycles. The molecular formula is C23H26Cl2N2O2S. The van der Waals surface area contributed by atoms with Gasteiger partial charge in [-0.25, -0.2) is 8.42 Å². The number of halogens is 2. The summed E-state index contributed by atoms with van der Waals surface area (Å²) < 4.78 is 27.8. The van der Waals surface area contributed by atoms with Crippen molar-refractivity contribution in [2.24, 2.45) is 5.92 Å². The molecule has 1 aromatic heterocycles. The Morgan fingerprint density at radius 1 is 0.967 bits per heavy atom. The normalized spacial score (nSPS) is 16.4. The Morgan fingerprint density at radius 2 is 1.63 bits per heavy atom. The molecule has 4 rings (SSSR count). The van der Waals surface area contributed by atoms with Crippen LogP contribution >= 0.6 is 23.2 Å². The highest BCUT2D eigenvalue weighted by Gasteiger charge is 2.31. The summed E-state index contributed by atoms with van der Waals surface area (Å²) in [6, 6.07) is 7.53. The Morgan fingerprint density at radius 3 is 2.33 bits per heavy atom. The number of nitrogens with zero attached hydrogens (tertiary/aromatic N) is 1. The smallest absolute Gasteiger partial charge is 0.244 e. The van der Waals surface area contributed by atoms with Gasteiger partial charge in [-0.3, -0.25) is 0 Å². The van der Waals surface area contributed by atoms with Gasteiger partial charge in [-0.15, -0.1) is 0 Å². The van der Waals surface area contributed by atoms with Gasteiger partial charge in [0.15, 0.2) is 0 Å². The molecule has 30 heavy (non-hydrogen) atoms. The highest BCUT2D eigenvalue weighted by Crippen LogP contribution is 2.33. The average Bonchev–Trinajstić information content (AvgIpc) is 3.07. The topological polar surface area (TPSA) is 53.2 Å². The summed E-state index contributed by atoms with van der Waals surface area (Å²) in [7, 11) is -3.63. The third kappa shape index (κ3) is 4.01. The first-order chi connectivity index (χ1) is 14.2. The summed E-state index contributed by atoms with van der Waals surface area (Å²) >= 11 is 12.3. The van der Waals surface area contributed by atoms with Crippen LogP contribution in [0.5, 0.6) is 0 Å². The van der Waals surface area contributed by atoms with Crippen molar-refractivity contribution in [1.82, 2.24) is 9.29 Å². The number of nitrogens with one attached hydrogen (secondary N) is 1. The van der Waals surface area contributed by atoms with E-state index >= 15 is 0 Å². The van der Waals surface area contributed by atoms with Crippen LogP contribution in [-0.2, 0) is 16.4 Å². The molecule has 1 fully saturated rings. The van der Waals surface area contributed by atoms with Crippen molar-refractivity contribution < 1.29 is 8.42 Å². The Kier molecular flexibility index (Phi) is 5.92. The van der Waals surface area contributed by atoms with Gasteiger partial charge >= 0.3 is 0 Å². The fraction of sp³-hybridized carbons (Fsp3) is 0.391. The molecule has 1 aliphatic heterocycles. The predicted octanol–water partition coefficient (Wildman–Crippen LogP) is 6.04. The third-order valence-corrected chi connectivity index (χ3v) is 9.07. The zero-order valence-corrected chi connectivity index (χ0v) is 19.8. The summed E-state index contributed by atoms with van der Waals surface area (Å²) in [5, 5.41) is 1.93. The Labute approximate surface area is 188 Å². The molecule has 4 nitrogen and oxygen atoms in total. The van der Waals surface area contributed by atoms with Gasteiger partial charge in [0.2, 0.25) is 10.0 Å². The average molecular weight is 465 g/mol. The maximum absolute atomic E-state index is 13.1. The summed E-state index contributed by atoms with van der Waals surface area (Å²) in [5.74, 6) is 0.458. The predicted molar refractivity (Wildman–Crippen MR) is 124 cm³/mol. The number of sulfonamides is 1. The number of fused-ring (bicyclic) bond motifs is 1. The van der Waals surface area contributed by atoms with E-state index in [2.05, 4.69) is 37.2 Å². The Bertz CT molecular complexity index is 1210. The third-order valence-electron chi connectivity index (χ3n) is 6.29. The molecule has 0 radical (unpaired) electrons. The van der Waals surface area contributed by atoms with E-state index in [1.807, 2.05) is 0 Å². The molecule has 0 atom stereocenters. The minimum absolute atomic E-state index is 0.145. The van der Waals surface area contributed by atoms with E-state index in [-0.39, 0.29) is 9.92 Å². The molecule has 1 saturated heterocycles. The molecule has 0 spiro atoms. The number of aromatic amines is 1. The summed E-state index contributed by atoms with van der Waals surface area (Å²) in [4.78, 5) is 3.53. The lowest BCUT2D eigenvalue weighted by atomic mass is 9.90. The fourth-order valence-corrected chi connectivity index (χ4v) is 6.52. The monoisotopic (exact) mass is 464 g/mol. The summed E-state index contributed by atoms with van der Waals surface area (Å²) in [5.41, 5.74) is 5.76. The molecule has 0 aliphatic carbocycles. The molecule has 1 N–H and O–H groups in total. The molecule has 0 saturated carbocycles. The van der Waals surface area contributed by atoms with E-state index in [4.69, 9.17) is 23.2 Å². The summed E-state index contributed by atoms with van der Waals surface area (Å²) in [6.45, 7) is 7.06. The number of hydrogen-bond donors (Lipinski definition) is 1. The van der Waals surface area contributed by atoms with E-state index in [9.17, 15) is 8.42 Å². The second kappa shape index (κ2) is 8.19. The van der Waals surface area contributed by atoms with E-state index in [1.165, 1.54) is 33.7 Å². The molecule has 2 heterocycles. The van der Waals surface area contributed by atoms with E-state index in [1.54, 1.807) is 17.3 Å². The SMILES string of the molecule is Cc1cc2[nH]cc(CC3CCN(S(=O)(=O)c4cc(C)c(Cl)cc4Cl)CC3)c2cc1C. The highest BCUT2D eigenvalue weighted by atomic mass is 35.5. The highest BCUT2D eigenvalue weighted by molar-refractivity contribution is 7.89. The molecule has 160 valence electrons. The van der Waals surface area contributed by atoms with E-state index in [0.717, 1.165) is 19.3 Å². The zero-order valence-electron chi connectivity index (χ0n) is 17.4. The van der Waals surface area contributed by atoms with E-state index in [0.29, 0.717) is 29.6 Å².